The van der Waals surface area contributed by atoms with Gasteiger partial charge in [-0.05, 0) is 68.7 Å². The van der Waals surface area contributed by atoms with E-state index in [2.05, 4.69) is 34.5 Å². The molecule has 5 rings (SSSR count). The van der Waals surface area contributed by atoms with Crippen LogP contribution < -0.4 is 9.64 Å². The van der Waals surface area contributed by atoms with Crippen LogP contribution in [-0.4, -0.2) is 34.8 Å². The smallest absolute Gasteiger partial charge is 0.158 e. The van der Waals surface area contributed by atoms with Gasteiger partial charge in [0, 0.05) is 36.0 Å². The van der Waals surface area contributed by atoms with Crippen molar-refractivity contribution in [2.45, 2.75) is 45.4 Å². The van der Waals surface area contributed by atoms with Crippen molar-refractivity contribution in [2.24, 2.45) is 5.92 Å². The molecule has 1 aliphatic heterocycles. The Morgan fingerprint density at radius 1 is 1.07 bits per heavy atom. The second kappa shape index (κ2) is 7.12. The molecule has 1 saturated heterocycles. The number of aryl methyl sites for hydroxylation is 1. The average Bonchev–Trinajstić information content (AvgIpc) is 3.15. The number of ether oxygens (including phenoxy) is 1. The highest BCUT2D eigenvalue weighted by Gasteiger charge is 2.26. The molecule has 3 heterocycles. The van der Waals surface area contributed by atoms with Crippen molar-refractivity contribution >= 4 is 11.5 Å². The van der Waals surface area contributed by atoms with Gasteiger partial charge < -0.3 is 9.64 Å². The lowest BCUT2D eigenvalue weighted by molar-refractivity contribution is 0.415. The molecule has 0 N–H and O–H groups in total. The molecule has 0 amide bonds. The molecule has 2 aromatic heterocycles. The van der Waals surface area contributed by atoms with E-state index in [4.69, 9.17) is 14.8 Å². The fourth-order valence-corrected chi connectivity index (χ4v) is 4.74. The maximum atomic E-state index is 5.30. The molecule has 0 radical (unpaired) electrons. The molecule has 1 fully saturated rings. The number of anilines is 1. The van der Waals surface area contributed by atoms with E-state index in [0.29, 0.717) is 0 Å². The fourth-order valence-electron chi connectivity index (χ4n) is 4.74. The second-order valence-corrected chi connectivity index (χ2v) is 8.29. The van der Waals surface area contributed by atoms with Crippen LogP contribution in [0.15, 0.2) is 30.3 Å². The lowest BCUT2D eigenvalue weighted by Crippen LogP contribution is -2.37. The fraction of sp³-hybridized carbons (Fsp3) is 0.478. The standard InChI is InChI=1S/C23H28N4O/c1-16-6-5-13-26(15-16)23-19-7-3-4-8-20(19)24-22-14-21(25-27(22)23)17-9-11-18(28-2)12-10-17/h9-12,14,16H,3-8,13,15H2,1-2H3. The molecule has 5 nitrogen and oxygen atoms in total. The zero-order valence-electron chi connectivity index (χ0n) is 16.8. The molecule has 1 unspecified atom stereocenters. The molecule has 0 bridgehead atoms. The summed E-state index contributed by atoms with van der Waals surface area (Å²) in [4.78, 5) is 7.59. The van der Waals surface area contributed by atoms with Gasteiger partial charge in [0.2, 0.25) is 0 Å². The predicted octanol–water partition coefficient (Wildman–Crippen LogP) is 4.52. The van der Waals surface area contributed by atoms with Crippen molar-refractivity contribution in [3.8, 4) is 17.0 Å². The first-order chi connectivity index (χ1) is 13.7. The SMILES string of the molecule is COc1ccc(-c2cc3nc4c(c(N5CCCC(C)C5)n3n2)CCCC4)cc1. The maximum Gasteiger partial charge on any atom is 0.158 e. The topological polar surface area (TPSA) is 42.7 Å². The number of methoxy groups -OCH3 is 1. The third-order valence-electron chi connectivity index (χ3n) is 6.19. The van der Waals surface area contributed by atoms with Crippen molar-refractivity contribution in [2.75, 3.05) is 25.1 Å². The van der Waals surface area contributed by atoms with E-state index in [-0.39, 0.29) is 0 Å². The Kier molecular flexibility index (Phi) is 4.46. The largest absolute Gasteiger partial charge is 0.497 e. The number of hydrogen-bond donors (Lipinski definition) is 0. The Morgan fingerprint density at radius 2 is 1.89 bits per heavy atom. The minimum Gasteiger partial charge on any atom is -0.497 e. The predicted molar refractivity (Wildman–Crippen MR) is 112 cm³/mol. The Morgan fingerprint density at radius 3 is 2.68 bits per heavy atom. The summed E-state index contributed by atoms with van der Waals surface area (Å²) in [6, 6.07) is 10.3. The summed E-state index contributed by atoms with van der Waals surface area (Å²) >= 11 is 0. The number of rotatable bonds is 3. The van der Waals surface area contributed by atoms with Crippen LogP contribution in [0.25, 0.3) is 16.9 Å². The van der Waals surface area contributed by atoms with E-state index in [1.54, 1.807) is 7.11 Å². The molecule has 1 atom stereocenters. The second-order valence-electron chi connectivity index (χ2n) is 8.29. The van der Waals surface area contributed by atoms with Gasteiger partial charge in [-0.3, -0.25) is 0 Å². The molecular weight excluding hydrogens is 348 g/mol. The summed E-state index contributed by atoms with van der Waals surface area (Å²) in [6.07, 6.45) is 7.28. The van der Waals surface area contributed by atoms with Crippen LogP contribution in [0, 0.1) is 5.92 Å². The Balaban J connectivity index is 1.65. The van der Waals surface area contributed by atoms with E-state index >= 15 is 0 Å². The summed E-state index contributed by atoms with van der Waals surface area (Å²) in [5.41, 5.74) is 5.76. The van der Waals surface area contributed by atoms with Gasteiger partial charge in [0.05, 0.1) is 12.8 Å². The van der Waals surface area contributed by atoms with Gasteiger partial charge in [-0.2, -0.15) is 9.61 Å². The molecule has 5 heteroatoms. The van der Waals surface area contributed by atoms with Crippen molar-refractivity contribution in [1.82, 2.24) is 14.6 Å². The molecule has 0 saturated carbocycles. The molecular formula is C23H28N4O. The first-order valence-corrected chi connectivity index (χ1v) is 10.5. The maximum absolute atomic E-state index is 5.30. The molecule has 0 spiro atoms. The third kappa shape index (κ3) is 3.03. The first-order valence-electron chi connectivity index (χ1n) is 10.5. The monoisotopic (exact) mass is 376 g/mol. The van der Waals surface area contributed by atoms with Gasteiger partial charge >= 0.3 is 0 Å². The van der Waals surface area contributed by atoms with Crippen LogP contribution >= 0.6 is 0 Å². The van der Waals surface area contributed by atoms with Crippen molar-refractivity contribution in [3.05, 3.63) is 41.6 Å². The van der Waals surface area contributed by atoms with Crippen LogP contribution in [0.2, 0.25) is 0 Å². The molecule has 3 aromatic rings. The van der Waals surface area contributed by atoms with Gasteiger partial charge in [-0.1, -0.05) is 6.92 Å². The summed E-state index contributed by atoms with van der Waals surface area (Å²) in [7, 11) is 1.69. The minimum absolute atomic E-state index is 0.729. The lowest BCUT2D eigenvalue weighted by Gasteiger charge is -2.35. The molecule has 1 aliphatic carbocycles. The quantitative estimate of drug-likeness (QED) is 0.674. The molecule has 28 heavy (non-hydrogen) atoms. The van der Waals surface area contributed by atoms with Gasteiger partial charge in [0.25, 0.3) is 0 Å². The first kappa shape index (κ1) is 17.5. The van der Waals surface area contributed by atoms with E-state index < -0.39 is 0 Å². The highest BCUT2D eigenvalue weighted by atomic mass is 16.5. The van der Waals surface area contributed by atoms with Gasteiger partial charge in [0.15, 0.2) is 5.65 Å². The van der Waals surface area contributed by atoms with Crippen LogP contribution in [0.5, 0.6) is 5.75 Å². The van der Waals surface area contributed by atoms with E-state index in [1.165, 1.54) is 42.8 Å². The zero-order chi connectivity index (χ0) is 19.1. The lowest BCUT2D eigenvalue weighted by atomic mass is 9.94. The number of hydrogen-bond acceptors (Lipinski definition) is 4. The summed E-state index contributed by atoms with van der Waals surface area (Å²) in [5, 5.41) is 5.02. The van der Waals surface area contributed by atoms with Crippen LogP contribution in [0.1, 0.15) is 43.9 Å². The Bertz CT molecular complexity index is 992. The molecule has 146 valence electrons. The van der Waals surface area contributed by atoms with Crippen LogP contribution in [0.4, 0.5) is 5.82 Å². The van der Waals surface area contributed by atoms with Gasteiger partial charge in [-0.15, -0.1) is 0 Å². The van der Waals surface area contributed by atoms with Crippen LogP contribution in [0.3, 0.4) is 0 Å². The molecule has 2 aliphatic rings. The Hall–Kier alpha value is -2.56. The van der Waals surface area contributed by atoms with E-state index in [0.717, 1.165) is 54.5 Å². The third-order valence-corrected chi connectivity index (χ3v) is 6.19. The molecule has 1 aromatic carbocycles. The van der Waals surface area contributed by atoms with Gasteiger partial charge in [0.1, 0.15) is 11.6 Å². The normalized spacial score (nSPS) is 19.6. The van der Waals surface area contributed by atoms with Crippen molar-refractivity contribution in [3.63, 3.8) is 0 Å². The number of piperidine rings is 1. The average molecular weight is 377 g/mol. The van der Waals surface area contributed by atoms with E-state index in [9.17, 15) is 0 Å². The zero-order valence-corrected chi connectivity index (χ0v) is 16.8. The number of nitrogens with zero attached hydrogens (tertiary/aromatic N) is 4. The highest BCUT2D eigenvalue weighted by molar-refractivity contribution is 5.68. The summed E-state index contributed by atoms with van der Waals surface area (Å²) in [5.74, 6) is 2.89. The van der Waals surface area contributed by atoms with Crippen LogP contribution in [-0.2, 0) is 12.8 Å². The van der Waals surface area contributed by atoms with E-state index in [1.807, 2.05) is 12.1 Å². The Labute approximate surface area is 166 Å². The summed E-state index contributed by atoms with van der Waals surface area (Å²) < 4.78 is 7.41. The summed E-state index contributed by atoms with van der Waals surface area (Å²) in [6.45, 7) is 4.60. The van der Waals surface area contributed by atoms with Crippen molar-refractivity contribution < 1.29 is 4.74 Å². The van der Waals surface area contributed by atoms with Crippen molar-refractivity contribution in [1.29, 1.82) is 0 Å². The van der Waals surface area contributed by atoms with Gasteiger partial charge in [-0.25, -0.2) is 4.98 Å². The number of aromatic nitrogens is 3. The minimum atomic E-state index is 0.729. The number of fused-ring (bicyclic) bond motifs is 2. The number of benzene rings is 1. The highest BCUT2D eigenvalue weighted by Crippen LogP contribution is 2.34.